The summed E-state index contributed by atoms with van der Waals surface area (Å²) in [6, 6.07) is 0. The molecular formula is C11H12N4O4S. The Labute approximate surface area is 118 Å². The number of hydrogen-bond donors (Lipinski definition) is 2. The maximum absolute atomic E-state index is 11.8. The number of carbonyl (C=O) groups excluding carboxylic acids is 1. The van der Waals surface area contributed by atoms with Gasteiger partial charge < -0.3 is 14.9 Å². The molecule has 9 heteroatoms. The van der Waals surface area contributed by atoms with Crippen LogP contribution in [0.25, 0.3) is 0 Å². The van der Waals surface area contributed by atoms with E-state index < -0.39 is 5.97 Å². The first-order valence-electron chi connectivity index (χ1n) is 5.76. The average Bonchev–Trinajstić information content (AvgIpc) is 2.93. The minimum atomic E-state index is -1.11. The summed E-state index contributed by atoms with van der Waals surface area (Å²) in [5.41, 5.74) is 0.405. The smallest absolute Gasteiger partial charge is 0.340 e. The summed E-state index contributed by atoms with van der Waals surface area (Å²) in [6.07, 6.45) is 0.421. The molecule has 8 nitrogen and oxygen atoms in total. The SMILES string of the molecule is Cc1noc(CCC(=O)Nc2snc(C)c2C(=O)O)n1. The number of amides is 1. The van der Waals surface area contributed by atoms with E-state index in [2.05, 4.69) is 19.8 Å². The number of anilines is 1. The van der Waals surface area contributed by atoms with Gasteiger partial charge in [0, 0.05) is 12.8 Å². The largest absolute Gasteiger partial charge is 0.478 e. The quantitative estimate of drug-likeness (QED) is 0.856. The highest BCUT2D eigenvalue weighted by Crippen LogP contribution is 2.24. The van der Waals surface area contributed by atoms with Crippen LogP contribution in [0.4, 0.5) is 5.00 Å². The molecule has 1 amide bonds. The van der Waals surface area contributed by atoms with Gasteiger partial charge in [0.1, 0.15) is 10.6 Å². The van der Waals surface area contributed by atoms with Crippen LogP contribution in [0.1, 0.15) is 34.2 Å². The molecule has 2 aromatic heterocycles. The molecule has 0 fully saturated rings. The highest BCUT2D eigenvalue weighted by Gasteiger charge is 2.19. The Morgan fingerprint density at radius 2 is 2.15 bits per heavy atom. The van der Waals surface area contributed by atoms with Crippen molar-refractivity contribution in [3.05, 3.63) is 23.0 Å². The van der Waals surface area contributed by atoms with Gasteiger partial charge in [0.15, 0.2) is 5.82 Å². The summed E-state index contributed by atoms with van der Waals surface area (Å²) in [5, 5.41) is 15.4. The van der Waals surface area contributed by atoms with E-state index >= 15 is 0 Å². The van der Waals surface area contributed by atoms with Crippen LogP contribution in [0.5, 0.6) is 0 Å². The molecule has 106 valence electrons. The first kappa shape index (κ1) is 14.1. The third-order valence-electron chi connectivity index (χ3n) is 2.47. The molecule has 0 aliphatic rings. The fourth-order valence-corrected chi connectivity index (χ4v) is 2.36. The van der Waals surface area contributed by atoms with Gasteiger partial charge in [0.2, 0.25) is 11.8 Å². The minimum Gasteiger partial charge on any atom is -0.478 e. The first-order chi connectivity index (χ1) is 9.47. The zero-order valence-electron chi connectivity index (χ0n) is 10.8. The molecule has 2 aromatic rings. The Bertz CT molecular complexity index is 649. The number of carboxylic acid groups (broad SMARTS) is 1. The van der Waals surface area contributed by atoms with Gasteiger partial charge in [-0.05, 0) is 25.4 Å². The maximum atomic E-state index is 11.8. The van der Waals surface area contributed by atoms with Gasteiger partial charge in [-0.25, -0.2) is 4.79 Å². The molecule has 0 atom stereocenters. The van der Waals surface area contributed by atoms with E-state index in [0.717, 1.165) is 11.5 Å². The Morgan fingerprint density at radius 3 is 2.75 bits per heavy atom. The van der Waals surface area contributed by atoms with Gasteiger partial charge in [-0.15, -0.1) is 0 Å². The van der Waals surface area contributed by atoms with Crippen LogP contribution in [-0.4, -0.2) is 31.5 Å². The second-order valence-corrected chi connectivity index (χ2v) is 4.83. The van der Waals surface area contributed by atoms with Crippen LogP contribution in [0.15, 0.2) is 4.52 Å². The molecule has 0 bridgehead atoms. The van der Waals surface area contributed by atoms with Crippen molar-refractivity contribution < 1.29 is 19.2 Å². The van der Waals surface area contributed by atoms with Gasteiger partial charge >= 0.3 is 5.97 Å². The van der Waals surface area contributed by atoms with Crippen molar-refractivity contribution in [1.82, 2.24) is 14.5 Å². The fourth-order valence-electron chi connectivity index (χ4n) is 1.56. The normalized spacial score (nSPS) is 10.5. The first-order valence-corrected chi connectivity index (χ1v) is 6.53. The summed E-state index contributed by atoms with van der Waals surface area (Å²) >= 11 is 0.944. The predicted molar refractivity (Wildman–Crippen MR) is 69.8 cm³/mol. The van der Waals surface area contributed by atoms with Gasteiger partial charge in [0.25, 0.3) is 0 Å². The molecule has 0 saturated carbocycles. The zero-order chi connectivity index (χ0) is 14.7. The molecule has 0 aliphatic carbocycles. The molecular weight excluding hydrogens is 284 g/mol. The van der Waals surface area contributed by atoms with Crippen LogP contribution in [0, 0.1) is 13.8 Å². The van der Waals surface area contributed by atoms with Gasteiger partial charge in [-0.1, -0.05) is 5.16 Å². The molecule has 0 spiro atoms. The summed E-state index contributed by atoms with van der Waals surface area (Å²) in [4.78, 5) is 26.8. The third kappa shape index (κ3) is 3.18. The summed E-state index contributed by atoms with van der Waals surface area (Å²) in [7, 11) is 0. The van der Waals surface area contributed by atoms with Crippen molar-refractivity contribution in [2.24, 2.45) is 0 Å². The van der Waals surface area contributed by atoms with E-state index in [1.54, 1.807) is 13.8 Å². The standard InChI is InChI=1S/C11H12N4O4S/c1-5-9(11(17)18)10(20-15-5)13-7(16)3-4-8-12-6(2)14-19-8/h3-4H2,1-2H3,(H,13,16)(H,17,18). The number of aromatic carboxylic acids is 1. The van der Waals surface area contributed by atoms with Crippen molar-refractivity contribution in [1.29, 1.82) is 0 Å². The van der Waals surface area contributed by atoms with Gasteiger partial charge in [-0.3, -0.25) is 4.79 Å². The minimum absolute atomic E-state index is 0.0250. The molecule has 2 N–H and O–H groups in total. The lowest BCUT2D eigenvalue weighted by atomic mass is 10.2. The number of rotatable bonds is 5. The highest BCUT2D eigenvalue weighted by molar-refractivity contribution is 7.11. The van der Waals surface area contributed by atoms with Crippen LogP contribution >= 0.6 is 11.5 Å². The van der Waals surface area contributed by atoms with E-state index in [4.69, 9.17) is 9.63 Å². The summed E-state index contributed by atoms with van der Waals surface area (Å²) in [6.45, 7) is 3.27. The maximum Gasteiger partial charge on any atom is 0.340 e. The summed E-state index contributed by atoms with van der Waals surface area (Å²) in [5.74, 6) is -0.561. The number of nitrogens with zero attached hydrogens (tertiary/aromatic N) is 3. The third-order valence-corrected chi connectivity index (χ3v) is 3.32. The number of carboxylic acids is 1. The molecule has 0 unspecified atom stereocenters. The molecule has 0 radical (unpaired) electrons. The predicted octanol–water partition coefficient (Wildman–Crippen LogP) is 1.41. The lowest BCUT2D eigenvalue weighted by Crippen LogP contribution is -2.14. The van der Waals surface area contributed by atoms with Crippen molar-refractivity contribution in [2.75, 3.05) is 5.32 Å². The Hall–Kier alpha value is -2.29. The van der Waals surface area contributed by atoms with Crippen LogP contribution in [-0.2, 0) is 11.2 Å². The number of aryl methyl sites for hydroxylation is 3. The van der Waals surface area contributed by atoms with Crippen molar-refractivity contribution in [3.63, 3.8) is 0 Å². The van der Waals surface area contributed by atoms with Gasteiger partial charge in [-0.2, -0.15) is 9.36 Å². The van der Waals surface area contributed by atoms with Crippen LogP contribution < -0.4 is 5.32 Å². The molecule has 0 saturated heterocycles. The van der Waals surface area contributed by atoms with Gasteiger partial charge in [0.05, 0.1) is 5.69 Å². The van der Waals surface area contributed by atoms with Crippen molar-refractivity contribution in [3.8, 4) is 0 Å². The Kier molecular flexibility index (Phi) is 4.08. The highest BCUT2D eigenvalue weighted by atomic mass is 32.1. The van der Waals surface area contributed by atoms with E-state index in [1.165, 1.54) is 0 Å². The molecule has 2 heterocycles. The number of hydrogen-bond acceptors (Lipinski definition) is 7. The number of aromatic nitrogens is 3. The second kappa shape index (κ2) is 5.78. The fraction of sp³-hybridized carbons (Fsp3) is 0.364. The van der Waals surface area contributed by atoms with E-state index in [9.17, 15) is 9.59 Å². The number of nitrogens with one attached hydrogen (secondary N) is 1. The molecule has 0 aliphatic heterocycles. The van der Waals surface area contributed by atoms with E-state index in [-0.39, 0.29) is 22.9 Å². The molecule has 2 rings (SSSR count). The number of carbonyl (C=O) groups is 2. The summed E-state index contributed by atoms with van der Waals surface area (Å²) < 4.78 is 8.80. The zero-order valence-corrected chi connectivity index (χ0v) is 11.7. The lowest BCUT2D eigenvalue weighted by molar-refractivity contribution is -0.116. The van der Waals surface area contributed by atoms with Crippen molar-refractivity contribution in [2.45, 2.75) is 26.7 Å². The lowest BCUT2D eigenvalue weighted by Gasteiger charge is -2.02. The average molecular weight is 296 g/mol. The van der Waals surface area contributed by atoms with E-state index in [0.29, 0.717) is 23.8 Å². The topological polar surface area (TPSA) is 118 Å². The Morgan fingerprint density at radius 1 is 1.40 bits per heavy atom. The van der Waals surface area contributed by atoms with Crippen molar-refractivity contribution >= 4 is 28.4 Å². The monoisotopic (exact) mass is 296 g/mol. The van der Waals surface area contributed by atoms with Crippen LogP contribution in [0.2, 0.25) is 0 Å². The molecule has 20 heavy (non-hydrogen) atoms. The van der Waals surface area contributed by atoms with E-state index in [1.807, 2.05) is 0 Å². The molecule has 0 aromatic carbocycles. The Balaban J connectivity index is 1.96. The second-order valence-electron chi connectivity index (χ2n) is 4.06. The van der Waals surface area contributed by atoms with Crippen LogP contribution in [0.3, 0.4) is 0 Å².